The van der Waals surface area contributed by atoms with E-state index < -0.39 is 42.4 Å². The Morgan fingerprint density at radius 2 is 0.877 bits per heavy atom. The van der Waals surface area contributed by atoms with E-state index in [1.165, 1.54) is 80.7 Å². The van der Waals surface area contributed by atoms with E-state index in [9.17, 15) is 43.2 Å². The van der Waals surface area contributed by atoms with Crippen LogP contribution in [0.1, 0.15) is 72.4 Å². The SMILES string of the molecule is C[N-]c1cc(N2CCCC2)ccc1N=Nc1nc(C#N)c(C#N)n1C.C[N-]c1cc2c(cc1N=Nc1nc(C#N)c(C#N)n1C)CCCN2C.[C-]#[N+]c1nc(N=Nc2ccc(N3CCCC3)cc2[N-]S(=O)(=O)C(F)(F)F)n(C)c1[N+]#[C-].[C-]#[N+]c1nc(N[N-]c2cc3c(cc2[N-]S(=O)(=O)C(F)(F)F)N(C)CCC3)n(C)c1[N+]#[C-].[Ni+2].[Ni+3]. The first-order chi connectivity index (χ1) is 53.3. The van der Waals surface area contributed by atoms with Crippen molar-refractivity contribution in [2.45, 2.75) is 62.4 Å². The van der Waals surface area contributed by atoms with Crippen LogP contribution in [0, 0.1) is 71.6 Å². The van der Waals surface area contributed by atoms with Crippen LogP contribution in [0.4, 0.5) is 142 Å². The predicted molar refractivity (Wildman–Crippen MR) is 402 cm³/mol. The Hall–Kier alpha value is -13.1. The van der Waals surface area contributed by atoms with E-state index in [2.05, 4.69) is 118 Å². The van der Waals surface area contributed by atoms with Gasteiger partial charge in [-0.05, 0) is 92.8 Å². The molecular weight excluding hydrogens is 1620 g/mol. The van der Waals surface area contributed by atoms with Gasteiger partial charge in [0.2, 0.25) is 0 Å². The maximum absolute atomic E-state index is 12.9. The summed E-state index contributed by atoms with van der Waals surface area (Å²) in [5.41, 5.74) is 2.43. The summed E-state index contributed by atoms with van der Waals surface area (Å²) >= 11 is 0. The molecule has 8 aromatic rings. The fraction of sp³-hybridized carbons (Fsp3) is 0.353. The molecule has 2 fully saturated rings. The van der Waals surface area contributed by atoms with Crippen LogP contribution in [0.5, 0.6) is 0 Å². The Balaban J connectivity index is 0.000000210. The zero-order valence-electron chi connectivity index (χ0n) is 61.4. The summed E-state index contributed by atoms with van der Waals surface area (Å²) < 4.78 is 135. The zero-order valence-corrected chi connectivity index (χ0v) is 65.0. The molecule has 4 aromatic carbocycles. The standard InChI is InChI=1S/C17H15F3N8O2S.C17H14F3N8O2S.2C17H17N8.2Ni/c1-21-14-15(22-2)28(4)16(23-14)25-24-11-8-10-6-5-7-27(3)13(10)9-12(11)26-31(29,30)17(18,19)20;1-21-14-15(22-2)27(3)16(23-14)25-24-12-7-6-11(28-8-4-5-9-28)10-13(12)26-31(29,30)17(18,19)20;1-20-12-8-15-11(5-4-6-24(15)2)7-13(12)22-23-17-21-14(9-18)16(10-19)25(17)3;1-20-14-9-12(25-7-3-4-8-25)5-6-13(14)22-23-17-21-15(10-18)16(11-19)24(17)2;;/h8-9H,5-7H2,3-4H3,(H,23,25);6-7,10H,4-5,8-9H2,3H3;7-8H,4-6H2,1-3H3;5-6,9H,3-4,7-8H2,1-2H3;;/q-2;3*-1;+2;+3. The number of fused-ring (bicyclic) bond motifs is 2. The first-order valence-electron chi connectivity index (χ1n) is 33.2. The van der Waals surface area contributed by atoms with Gasteiger partial charge in [0, 0.05) is 90.2 Å². The van der Waals surface area contributed by atoms with Crippen LogP contribution in [0.3, 0.4) is 0 Å². The van der Waals surface area contributed by atoms with E-state index in [-0.39, 0.29) is 114 Å². The van der Waals surface area contributed by atoms with E-state index in [4.69, 9.17) is 47.3 Å². The Kier molecular flexibility index (Phi) is 29.2. The van der Waals surface area contributed by atoms with E-state index in [1.807, 2.05) is 59.5 Å². The average Bonchev–Trinajstić information content (AvgIpc) is 1.06. The first-order valence-corrected chi connectivity index (χ1v) is 36.1. The minimum absolute atomic E-state index is 0. The van der Waals surface area contributed by atoms with E-state index in [0.717, 1.165) is 74.4 Å². The molecule has 0 spiro atoms. The van der Waals surface area contributed by atoms with Crippen LogP contribution in [-0.4, -0.2) is 134 Å². The van der Waals surface area contributed by atoms with Gasteiger partial charge >= 0.3 is 55.9 Å². The number of azo groups is 3. The van der Waals surface area contributed by atoms with Gasteiger partial charge in [-0.3, -0.25) is 4.57 Å². The van der Waals surface area contributed by atoms with Crippen LogP contribution in [-0.2, 0) is 94.1 Å². The molecule has 0 aliphatic carbocycles. The van der Waals surface area contributed by atoms with Crippen molar-refractivity contribution in [1.82, 2.24) is 38.2 Å². The van der Waals surface area contributed by atoms with Crippen LogP contribution in [0.15, 0.2) is 91.3 Å². The van der Waals surface area contributed by atoms with Gasteiger partial charge in [0.15, 0.2) is 42.8 Å². The number of halogens is 6. The molecule has 8 heterocycles. The number of hydrogen-bond donors (Lipinski definition) is 1. The van der Waals surface area contributed by atoms with Crippen molar-refractivity contribution >= 4 is 135 Å². The second-order valence-corrected chi connectivity index (χ2v) is 27.7. The van der Waals surface area contributed by atoms with Gasteiger partial charge in [-0.2, -0.15) is 57.4 Å². The molecule has 4 aliphatic rings. The minimum Gasteiger partial charge on any atom is -0.685 e. The number of sulfonamides is 2. The Bertz CT molecular complexity index is 5630. The summed E-state index contributed by atoms with van der Waals surface area (Å²) in [6, 6.07) is 24.4. The molecule has 0 atom stereocenters. The maximum atomic E-state index is 12.9. The van der Waals surface area contributed by atoms with Crippen LogP contribution >= 0.6 is 0 Å². The number of aromatic nitrogens is 8. The monoisotopic (exact) mass is 1690 g/mol. The number of aryl methyl sites for hydroxylation is 2. The van der Waals surface area contributed by atoms with Crippen LogP contribution in [0.25, 0.3) is 44.9 Å². The molecule has 0 bridgehead atoms. The molecular formula is C68H63F6N32Ni2O4S2. The van der Waals surface area contributed by atoms with Gasteiger partial charge in [-0.1, -0.05) is 77.4 Å². The topological polar surface area (TPSA) is 422 Å². The molecule has 0 amide bonds. The largest absolute Gasteiger partial charge is 3.00 e. The number of rotatable bonds is 17. The maximum Gasteiger partial charge on any atom is 3.00 e. The van der Waals surface area contributed by atoms with Crippen molar-refractivity contribution in [3.8, 4) is 24.3 Å². The minimum atomic E-state index is -5.81. The fourth-order valence-corrected chi connectivity index (χ4v) is 12.7. The second kappa shape index (κ2) is 37.7. The van der Waals surface area contributed by atoms with E-state index >= 15 is 0 Å². The Morgan fingerprint density at radius 1 is 0.474 bits per heavy atom. The van der Waals surface area contributed by atoms with Gasteiger partial charge in [0.05, 0.1) is 31.2 Å². The third-order valence-electron chi connectivity index (χ3n) is 17.5. The molecule has 4 aliphatic heterocycles. The van der Waals surface area contributed by atoms with Crippen molar-refractivity contribution in [2.24, 2.45) is 58.9 Å². The summed E-state index contributed by atoms with van der Waals surface area (Å²) in [6.07, 6.45) is 7.74. The number of anilines is 5. The number of nitrogens with one attached hydrogen (secondary N) is 1. The normalized spacial score (nSPS) is 13.7. The van der Waals surface area contributed by atoms with Gasteiger partial charge < -0.3 is 79.0 Å². The molecule has 1 radical (unpaired) electrons. The summed E-state index contributed by atoms with van der Waals surface area (Å²) in [6.45, 7) is 33.5. The van der Waals surface area contributed by atoms with Gasteiger partial charge in [-0.15, -0.1) is 62.4 Å². The van der Waals surface area contributed by atoms with E-state index in [0.29, 0.717) is 48.8 Å². The molecule has 0 saturated carbocycles. The molecule has 1 N–H and O–H groups in total. The van der Waals surface area contributed by atoms with Crippen molar-refractivity contribution in [3.63, 3.8) is 0 Å². The predicted octanol–water partition coefficient (Wildman–Crippen LogP) is 17.6. The Morgan fingerprint density at radius 3 is 1.29 bits per heavy atom. The molecule has 2 saturated heterocycles. The smallest absolute Gasteiger partial charge is 0.685 e. The fourth-order valence-electron chi connectivity index (χ4n) is 11.7. The molecule has 4 aromatic heterocycles. The van der Waals surface area contributed by atoms with Crippen LogP contribution in [0.2, 0.25) is 0 Å². The zero-order chi connectivity index (χ0) is 81.6. The Labute approximate surface area is 670 Å². The number of nitrogens with zero attached hydrogens (tertiary/aromatic N) is 31. The first kappa shape index (κ1) is 88.1. The van der Waals surface area contributed by atoms with Crippen molar-refractivity contribution < 1.29 is 76.2 Å². The molecule has 46 heteroatoms. The summed E-state index contributed by atoms with van der Waals surface area (Å²) in [7, 11) is 1.75. The van der Waals surface area contributed by atoms with Gasteiger partial charge in [-0.25, -0.2) is 21.4 Å². The van der Waals surface area contributed by atoms with Gasteiger partial charge in [0.25, 0.3) is 35.2 Å². The van der Waals surface area contributed by atoms with Crippen molar-refractivity contribution in [2.75, 3.05) is 92.5 Å². The number of benzene rings is 4. The number of hydrogen-bond acceptors (Lipinski definition) is 23. The van der Waals surface area contributed by atoms with Crippen LogP contribution < -0.4 is 25.0 Å². The molecule has 593 valence electrons. The molecule has 0 unspecified atom stereocenters. The summed E-state index contributed by atoms with van der Waals surface area (Å²) in [5.74, 6) is -0.264. The van der Waals surface area contributed by atoms with Crippen molar-refractivity contribution in [1.29, 1.82) is 21.0 Å². The molecule has 36 nitrogen and oxygen atoms in total. The second-order valence-electron chi connectivity index (χ2n) is 24.5. The number of alkyl halides is 6. The van der Waals surface area contributed by atoms with Gasteiger partial charge in [0.1, 0.15) is 24.3 Å². The number of nitriles is 4. The average molecular weight is 1690 g/mol. The summed E-state index contributed by atoms with van der Waals surface area (Å²) in [5, 5.41) is 69.1. The molecule has 114 heavy (non-hydrogen) atoms. The number of imidazole rings is 4. The third-order valence-corrected chi connectivity index (χ3v) is 19.5. The molecule has 12 rings (SSSR count). The van der Waals surface area contributed by atoms with E-state index in [1.54, 1.807) is 46.2 Å². The summed E-state index contributed by atoms with van der Waals surface area (Å²) in [4.78, 5) is 36.7. The quantitative estimate of drug-likeness (QED) is 0.0291. The third kappa shape index (κ3) is 19.8. The van der Waals surface area contributed by atoms with Crippen molar-refractivity contribution in [3.05, 3.63) is 166 Å².